The van der Waals surface area contributed by atoms with Gasteiger partial charge in [0.05, 0.1) is 6.61 Å². The van der Waals surface area contributed by atoms with Gasteiger partial charge in [-0.2, -0.15) is 0 Å². The van der Waals surface area contributed by atoms with E-state index < -0.39 is 5.54 Å². The van der Waals surface area contributed by atoms with Crippen molar-refractivity contribution in [3.63, 3.8) is 0 Å². The third-order valence-corrected chi connectivity index (χ3v) is 5.77. The largest absolute Gasteiger partial charge is 0.494 e. The second-order valence-corrected chi connectivity index (χ2v) is 8.52. The summed E-state index contributed by atoms with van der Waals surface area (Å²) in [5, 5.41) is 11.8. The smallest absolute Gasteiger partial charge is 0.252 e. The highest BCUT2D eigenvalue weighted by Gasteiger charge is 2.43. The Balaban J connectivity index is 1.52. The van der Waals surface area contributed by atoms with Crippen molar-refractivity contribution < 1.29 is 23.8 Å². The average Bonchev–Trinajstić information content (AvgIpc) is 3.34. The number of carbonyl (C=O) groups is 1. The molecule has 2 N–H and O–H groups in total. The number of nitrogens with zero attached hydrogens (tertiary/aromatic N) is 1. The van der Waals surface area contributed by atoms with Gasteiger partial charge in [0.2, 0.25) is 5.90 Å². The molecular weight excluding hydrogens is 459 g/mol. The zero-order valence-corrected chi connectivity index (χ0v) is 19.9. The number of ether oxygens (including phenoxy) is 2. The summed E-state index contributed by atoms with van der Waals surface area (Å²) in [7, 11) is 0. The van der Waals surface area contributed by atoms with Gasteiger partial charge in [0.1, 0.15) is 18.2 Å². The number of aliphatic imine (C=N–C) groups is 1. The van der Waals surface area contributed by atoms with Gasteiger partial charge in [-0.15, -0.1) is 0 Å². The van der Waals surface area contributed by atoms with Crippen LogP contribution in [0.4, 0.5) is 4.39 Å². The number of benzene rings is 3. The highest BCUT2D eigenvalue weighted by molar-refractivity contribution is 6.00. The molecule has 1 heterocycles. The van der Waals surface area contributed by atoms with E-state index in [-0.39, 0.29) is 31.5 Å². The first-order chi connectivity index (χ1) is 17.6. The van der Waals surface area contributed by atoms with E-state index in [0.717, 1.165) is 11.1 Å². The van der Waals surface area contributed by atoms with Gasteiger partial charge in [0, 0.05) is 31.6 Å². The van der Waals surface area contributed by atoms with Gasteiger partial charge in [-0.25, -0.2) is 9.38 Å². The normalized spacial score (nSPS) is 17.0. The third-order valence-electron chi connectivity index (χ3n) is 5.77. The third kappa shape index (κ3) is 6.58. The number of hydrogen-bond donors (Lipinski definition) is 2. The van der Waals surface area contributed by atoms with Crippen molar-refractivity contribution in [2.24, 2.45) is 4.99 Å². The molecule has 4 rings (SSSR count). The first-order valence-corrected chi connectivity index (χ1v) is 11.9. The van der Waals surface area contributed by atoms with Gasteiger partial charge in [-0.1, -0.05) is 54.6 Å². The van der Waals surface area contributed by atoms with E-state index in [1.807, 2.05) is 54.6 Å². The maximum absolute atomic E-state index is 13.6. The lowest BCUT2D eigenvalue weighted by Gasteiger charge is -2.21. The predicted molar refractivity (Wildman–Crippen MR) is 137 cm³/mol. The van der Waals surface area contributed by atoms with Crippen LogP contribution in [-0.2, 0) is 16.1 Å². The topological polar surface area (TPSA) is 80.2 Å². The van der Waals surface area contributed by atoms with Gasteiger partial charge in [0.15, 0.2) is 5.54 Å². The maximum Gasteiger partial charge on any atom is 0.252 e. The second-order valence-electron chi connectivity index (χ2n) is 8.52. The molecule has 0 fully saturated rings. The molecule has 0 saturated heterocycles. The fourth-order valence-electron chi connectivity index (χ4n) is 3.80. The lowest BCUT2D eigenvalue weighted by Crippen LogP contribution is -2.46. The van der Waals surface area contributed by atoms with Crippen LogP contribution in [0.2, 0.25) is 0 Å². The number of nitrogens with one attached hydrogen (secondary N) is 1. The zero-order valence-electron chi connectivity index (χ0n) is 19.9. The molecule has 1 aliphatic heterocycles. The molecule has 186 valence electrons. The Labute approximate surface area is 210 Å². The fourth-order valence-corrected chi connectivity index (χ4v) is 3.80. The van der Waals surface area contributed by atoms with Crippen LogP contribution in [0.1, 0.15) is 29.5 Å². The first-order valence-electron chi connectivity index (χ1n) is 11.9. The summed E-state index contributed by atoms with van der Waals surface area (Å²) in [6, 6.07) is 23.2. The van der Waals surface area contributed by atoms with Gasteiger partial charge < -0.3 is 19.9 Å². The Bertz CT molecular complexity index is 1210. The lowest BCUT2D eigenvalue weighted by atomic mass is 9.95. The molecule has 0 bridgehead atoms. The minimum Gasteiger partial charge on any atom is -0.494 e. The molecule has 0 aromatic heterocycles. The Kier molecular flexibility index (Phi) is 8.47. The number of rotatable bonds is 11. The molecule has 0 aliphatic carbocycles. The standard InChI is InChI=1S/C29H29FN2O4/c30-25-11-4-9-23(19-25)20-31-28(34)29(16-5-10-22-7-2-1-3-8-22)21-36-27(32-29)24-12-14-26(15-13-24)35-18-6-17-33/h1-5,7-15,19,33H,6,16-18,20-21H2,(H,31,34)/b10-5+/t29-/m1/s1. The predicted octanol–water partition coefficient (Wildman–Crippen LogP) is 4.52. The quantitative estimate of drug-likeness (QED) is 0.389. The number of carbonyl (C=O) groups excluding carboxylic acids is 1. The number of hydrogen-bond acceptors (Lipinski definition) is 5. The lowest BCUT2D eigenvalue weighted by molar-refractivity contribution is -0.126. The van der Waals surface area contributed by atoms with E-state index in [0.29, 0.717) is 36.7 Å². The van der Waals surface area contributed by atoms with Crippen molar-refractivity contribution >= 4 is 17.9 Å². The molecule has 1 amide bonds. The highest BCUT2D eigenvalue weighted by Crippen LogP contribution is 2.28. The molecule has 3 aromatic carbocycles. The molecule has 3 aromatic rings. The fraction of sp³-hybridized carbons (Fsp3) is 0.241. The number of aliphatic hydroxyl groups is 1. The Hall–Kier alpha value is -3.97. The summed E-state index contributed by atoms with van der Waals surface area (Å²) in [5.41, 5.74) is 1.27. The van der Waals surface area contributed by atoms with Gasteiger partial charge in [0.25, 0.3) is 5.91 Å². The average molecular weight is 489 g/mol. The van der Waals surface area contributed by atoms with Crippen LogP contribution in [0.5, 0.6) is 5.75 Å². The van der Waals surface area contributed by atoms with Crippen LogP contribution in [-0.4, -0.2) is 42.3 Å². The summed E-state index contributed by atoms with van der Waals surface area (Å²) >= 11 is 0. The van der Waals surface area contributed by atoms with Gasteiger partial charge in [-0.05, 0) is 47.5 Å². The molecule has 0 radical (unpaired) electrons. The van der Waals surface area contributed by atoms with Crippen LogP contribution in [0, 0.1) is 5.82 Å². The van der Waals surface area contributed by atoms with Crippen molar-refractivity contribution in [2.75, 3.05) is 19.8 Å². The van der Waals surface area contributed by atoms with Crippen molar-refractivity contribution in [1.29, 1.82) is 0 Å². The monoisotopic (exact) mass is 488 g/mol. The summed E-state index contributed by atoms with van der Waals surface area (Å²) in [6.45, 7) is 0.775. The highest BCUT2D eigenvalue weighted by atomic mass is 19.1. The van der Waals surface area contributed by atoms with Gasteiger partial charge in [-0.3, -0.25) is 4.79 Å². The second kappa shape index (κ2) is 12.1. The SMILES string of the molecule is O=C(NCc1cccc(F)c1)[C@@]1(C/C=C/c2ccccc2)COC(c2ccc(OCCCO)cc2)=N1. The van der Waals surface area contributed by atoms with Crippen LogP contribution in [0.3, 0.4) is 0 Å². The Morgan fingerprint density at radius 3 is 2.67 bits per heavy atom. The van der Waals surface area contributed by atoms with Crippen LogP contribution < -0.4 is 10.1 Å². The number of halogens is 1. The minimum absolute atomic E-state index is 0.0742. The van der Waals surface area contributed by atoms with Crippen molar-refractivity contribution in [3.8, 4) is 5.75 Å². The van der Waals surface area contributed by atoms with Gasteiger partial charge >= 0.3 is 0 Å². The Morgan fingerprint density at radius 1 is 1.11 bits per heavy atom. The minimum atomic E-state index is -1.15. The van der Waals surface area contributed by atoms with Crippen molar-refractivity contribution in [1.82, 2.24) is 5.32 Å². The number of amides is 1. The first kappa shape index (κ1) is 25.1. The Morgan fingerprint density at radius 2 is 1.92 bits per heavy atom. The van der Waals surface area contributed by atoms with Crippen LogP contribution in [0.15, 0.2) is 89.9 Å². The van der Waals surface area contributed by atoms with Crippen molar-refractivity contribution in [3.05, 3.63) is 107 Å². The molecule has 36 heavy (non-hydrogen) atoms. The maximum atomic E-state index is 13.6. The van der Waals surface area contributed by atoms with E-state index in [1.165, 1.54) is 12.1 Å². The summed E-state index contributed by atoms with van der Waals surface area (Å²) in [6.07, 6.45) is 4.77. The molecular formula is C29H29FN2O4. The molecule has 1 aliphatic rings. The van der Waals surface area contributed by atoms with Crippen molar-refractivity contribution in [2.45, 2.75) is 24.9 Å². The molecule has 1 atom stereocenters. The summed E-state index contributed by atoms with van der Waals surface area (Å²) < 4.78 is 25.1. The van der Waals surface area contributed by atoms with Crippen LogP contribution in [0.25, 0.3) is 6.08 Å². The van der Waals surface area contributed by atoms with Crippen LogP contribution >= 0.6 is 0 Å². The summed E-state index contributed by atoms with van der Waals surface area (Å²) in [5.74, 6) is 0.417. The number of aliphatic hydroxyl groups excluding tert-OH is 1. The van der Waals surface area contributed by atoms with E-state index in [4.69, 9.17) is 19.6 Å². The van der Waals surface area contributed by atoms with E-state index in [9.17, 15) is 9.18 Å². The molecule has 6 nitrogen and oxygen atoms in total. The molecule has 0 spiro atoms. The van der Waals surface area contributed by atoms with E-state index in [2.05, 4.69) is 5.32 Å². The molecule has 0 unspecified atom stereocenters. The van der Waals surface area contributed by atoms with E-state index in [1.54, 1.807) is 24.3 Å². The molecule has 7 heteroatoms. The molecule has 0 saturated carbocycles. The van der Waals surface area contributed by atoms with E-state index >= 15 is 0 Å². The zero-order chi connectivity index (χ0) is 25.2. The summed E-state index contributed by atoms with van der Waals surface area (Å²) in [4.78, 5) is 18.1.